The van der Waals surface area contributed by atoms with Crippen molar-refractivity contribution in [2.24, 2.45) is 0 Å². The highest BCUT2D eigenvalue weighted by Gasteiger charge is 2.04. The molecule has 0 aromatic rings. The Hall–Kier alpha value is -1.17. The van der Waals surface area contributed by atoms with Crippen molar-refractivity contribution < 1.29 is 14.6 Å². The van der Waals surface area contributed by atoms with E-state index < -0.39 is 6.16 Å². The van der Waals surface area contributed by atoms with Gasteiger partial charge < -0.3 is 9.84 Å². The predicted molar refractivity (Wildman–Crippen MR) is 36.6 cm³/mol. The van der Waals surface area contributed by atoms with Gasteiger partial charge >= 0.3 is 6.16 Å². The molecule has 0 saturated heterocycles. The third kappa shape index (κ3) is 4.98. The van der Waals surface area contributed by atoms with E-state index in [9.17, 15) is 4.79 Å². The molecule has 0 saturated carbocycles. The Bertz CT molecular complexity index is 145. The van der Waals surface area contributed by atoms with Crippen molar-refractivity contribution in [2.45, 2.75) is 25.9 Å². The van der Waals surface area contributed by atoms with Gasteiger partial charge in [0.25, 0.3) is 0 Å². The van der Waals surface area contributed by atoms with Crippen LogP contribution in [0, 0.1) is 12.3 Å². The average Bonchev–Trinajstić information content (AvgIpc) is 1.82. The maximum Gasteiger partial charge on any atom is 0.506 e. The van der Waals surface area contributed by atoms with Gasteiger partial charge in [-0.25, -0.2) is 4.79 Å². The number of hydrogen-bond acceptors (Lipinski definition) is 2. The summed E-state index contributed by atoms with van der Waals surface area (Å²) in [6.45, 7) is 1.67. The van der Waals surface area contributed by atoms with Gasteiger partial charge in [-0.15, -0.1) is 12.3 Å². The van der Waals surface area contributed by atoms with Gasteiger partial charge in [-0.3, -0.25) is 0 Å². The fraction of sp³-hybridized carbons (Fsp3) is 0.571. The fourth-order valence-electron chi connectivity index (χ4n) is 0.518. The highest BCUT2D eigenvalue weighted by molar-refractivity contribution is 5.56. The second-order valence-corrected chi connectivity index (χ2v) is 1.94. The first-order valence-electron chi connectivity index (χ1n) is 3.00. The molecule has 56 valence electrons. The van der Waals surface area contributed by atoms with Crippen LogP contribution in [-0.2, 0) is 4.74 Å². The van der Waals surface area contributed by atoms with E-state index in [4.69, 9.17) is 11.5 Å². The van der Waals surface area contributed by atoms with Crippen LogP contribution in [0.5, 0.6) is 0 Å². The summed E-state index contributed by atoms with van der Waals surface area (Å²) >= 11 is 0. The van der Waals surface area contributed by atoms with Crippen molar-refractivity contribution in [1.29, 1.82) is 0 Å². The molecule has 0 bridgehead atoms. The Kier molecular flexibility index (Phi) is 4.14. The molecule has 0 aromatic carbocycles. The van der Waals surface area contributed by atoms with Crippen LogP contribution in [0.1, 0.15) is 19.8 Å². The molecule has 0 radical (unpaired) electrons. The van der Waals surface area contributed by atoms with Gasteiger partial charge in [-0.05, 0) is 13.3 Å². The summed E-state index contributed by atoms with van der Waals surface area (Å²) < 4.78 is 4.37. The number of carbonyl (C=O) groups is 1. The van der Waals surface area contributed by atoms with Crippen LogP contribution in [0.3, 0.4) is 0 Å². The number of ether oxygens (including phenoxy) is 1. The molecular formula is C7H10O3. The molecular weight excluding hydrogens is 132 g/mol. The van der Waals surface area contributed by atoms with E-state index in [-0.39, 0.29) is 6.10 Å². The normalized spacial score (nSPS) is 11.6. The van der Waals surface area contributed by atoms with Crippen LogP contribution < -0.4 is 0 Å². The summed E-state index contributed by atoms with van der Waals surface area (Å²) in [6, 6.07) is 0. The van der Waals surface area contributed by atoms with Crippen LogP contribution in [0.2, 0.25) is 0 Å². The molecule has 0 amide bonds. The highest BCUT2D eigenvalue weighted by atomic mass is 16.7. The summed E-state index contributed by atoms with van der Waals surface area (Å²) in [7, 11) is 0. The van der Waals surface area contributed by atoms with Gasteiger partial charge in [0.15, 0.2) is 0 Å². The number of rotatable bonds is 3. The molecule has 1 atom stereocenters. The van der Waals surface area contributed by atoms with Gasteiger partial charge in [0.1, 0.15) is 6.10 Å². The number of terminal acetylenes is 1. The molecule has 0 spiro atoms. The summed E-state index contributed by atoms with van der Waals surface area (Å²) in [4.78, 5) is 9.90. The van der Waals surface area contributed by atoms with Crippen molar-refractivity contribution in [1.82, 2.24) is 0 Å². The zero-order valence-electron chi connectivity index (χ0n) is 5.83. The van der Waals surface area contributed by atoms with Gasteiger partial charge in [0.05, 0.1) is 0 Å². The van der Waals surface area contributed by atoms with E-state index in [1.54, 1.807) is 6.92 Å². The Labute approximate surface area is 60.0 Å². The lowest BCUT2D eigenvalue weighted by molar-refractivity contribution is 0.0564. The Morgan fingerprint density at radius 3 is 2.90 bits per heavy atom. The summed E-state index contributed by atoms with van der Waals surface area (Å²) in [6.07, 6.45) is 4.55. The van der Waals surface area contributed by atoms with Crippen molar-refractivity contribution in [3.8, 4) is 12.3 Å². The topological polar surface area (TPSA) is 46.5 Å². The monoisotopic (exact) mass is 142 g/mol. The predicted octanol–water partition coefficient (Wildman–Crippen LogP) is 1.48. The number of hydrogen-bond donors (Lipinski definition) is 1. The van der Waals surface area contributed by atoms with Crippen LogP contribution in [0.4, 0.5) is 4.79 Å². The minimum absolute atomic E-state index is 0.298. The van der Waals surface area contributed by atoms with E-state index in [0.29, 0.717) is 12.8 Å². The van der Waals surface area contributed by atoms with Crippen LogP contribution in [0.25, 0.3) is 0 Å². The SMILES string of the molecule is C#CCCC(C)OC(=O)O. The first-order valence-corrected chi connectivity index (χ1v) is 3.00. The summed E-state index contributed by atoms with van der Waals surface area (Å²) in [5.41, 5.74) is 0. The zero-order valence-corrected chi connectivity index (χ0v) is 5.83. The quantitative estimate of drug-likeness (QED) is 0.479. The van der Waals surface area contributed by atoms with Gasteiger partial charge in [0.2, 0.25) is 0 Å². The molecule has 1 N–H and O–H groups in total. The zero-order chi connectivity index (χ0) is 7.98. The largest absolute Gasteiger partial charge is 0.506 e. The molecule has 3 nitrogen and oxygen atoms in total. The molecule has 0 rings (SSSR count). The minimum atomic E-state index is -1.25. The van der Waals surface area contributed by atoms with Crippen molar-refractivity contribution in [3.63, 3.8) is 0 Å². The minimum Gasteiger partial charge on any atom is -0.450 e. The second kappa shape index (κ2) is 4.68. The molecule has 0 fully saturated rings. The van der Waals surface area contributed by atoms with Crippen molar-refractivity contribution in [3.05, 3.63) is 0 Å². The molecule has 0 aliphatic heterocycles. The molecule has 1 unspecified atom stereocenters. The van der Waals surface area contributed by atoms with Crippen LogP contribution >= 0.6 is 0 Å². The molecule has 0 aromatic heterocycles. The lowest BCUT2D eigenvalue weighted by Gasteiger charge is -2.06. The van der Waals surface area contributed by atoms with E-state index in [1.807, 2.05) is 0 Å². The van der Waals surface area contributed by atoms with E-state index >= 15 is 0 Å². The standard InChI is InChI=1S/C7H10O3/c1-3-4-5-6(2)10-7(8)9/h1,6H,4-5H2,2H3,(H,8,9). The average molecular weight is 142 g/mol. The summed E-state index contributed by atoms with van der Waals surface area (Å²) in [5, 5.41) is 8.11. The van der Waals surface area contributed by atoms with Gasteiger partial charge in [-0.2, -0.15) is 0 Å². The Morgan fingerprint density at radius 1 is 1.90 bits per heavy atom. The third-order valence-corrected chi connectivity index (χ3v) is 0.997. The summed E-state index contributed by atoms with van der Waals surface area (Å²) in [5.74, 6) is 2.40. The molecule has 0 aliphatic carbocycles. The van der Waals surface area contributed by atoms with E-state index in [1.165, 1.54) is 0 Å². The first-order chi connectivity index (χ1) is 4.66. The smallest absolute Gasteiger partial charge is 0.450 e. The Balaban J connectivity index is 3.36. The van der Waals surface area contributed by atoms with E-state index in [0.717, 1.165) is 0 Å². The van der Waals surface area contributed by atoms with E-state index in [2.05, 4.69) is 10.7 Å². The lowest BCUT2D eigenvalue weighted by atomic mass is 10.2. The Morgan fingerprint density at radius 2 is 2.50 bits per heavy atom. The molecule has 0 aliphatic rings. The lowest BCUT2D eigenvalue weighted by Crippen LogP contribution is -2.12. The highest BCUT2D eigenvalue weighted by Crippen LogP contribution is 1.99. The fourth-order valence-corrected chi connectivity index (χ4v) is 0.518. The van der Waals surface area contributed by atoms with Crippen LogP contribution in [-0.4, -0.2) is 17.4 Å². The number of carboxylic acid groups (broad SMARTS) is 1. The molecule has 0 heterocycles. The van der Waals surface area contributed by atoms with Gasteiger partial charge in [-0.1, -0.05) is 0 Å². The van der Waals surface area contributed by atoms with Crippen molar-refractivity contribution in [2.75, 3.05) is 0 Å². The first kappa shape index (κ1) is 8.83. The maximum absolute atomic E-state index is 9.90. The maximum atomic E-state index is 9.90. The second-order valence-electron chi connectivity index (χ2n) is 1.94. The molecule has 10 heavy (non-hydrogen) atoms. The van der Waals surface area contributed by atoms with Crippen LogP contribution in [0.15, 0.2) is 0 Å². The molecule has 3 heteroatoms. The third-order valence-electron chi connectivity index (χ3n) is 0.997. The van der Waals surface area contributed by atoms with Crippen molar-refractivity contribution >= 4 is 6.16 Å². The van der Waals surface area contributed by atoms with Gasteiger partial charge in [0, 0.05) is 6.42 Å².